The van der Waals surface area contributed by atoms with E-state index in [0.717, 1.165) is 23.3 Å². The first-order valence-corrected chi connectivity index (χ1v) is 6.86. The fourth-order valence-corrected chi connectivity index (χ4v) is 2.79. The molecule has 1 nitrogen and oxygen atoms in total. The number of benzene rings is 2. The predicted molar refractivity (Wildman–Crippen MR) is 83.5 cm³/mol. The molecule has 1 heteroatoms. The lowest BCUT2D eigenvalue weighted by atomic mass is 10.0. The normalized spacial score (nSPS) is 13.4. The zero-order valence-electron chi connectivity index (χ0n) is 11.0. The zero-order chi connectivity index (χ0) is 13.4. The van der Waals surface area contributed by atoms with Gasteiger partial charge in [0.15, 0.2) is 0 Å². The van der Waals surface area contributed by atoms with E-state index in [0.29, 0.717) is 0 Å². The van der Waals surface area contributed by atoms with Gasteiger partial charge >= 0.3 is 0 Å². The summed E-state index contributed by atoms with van der Waals surface area (Å²) in [7, 11) is 0. The molecule has 0 fully saturated rings. The average molecular weight is 258 g/mol. The van der Waals surface area contributed by atoms with Crippen LogP contribution in [0.1, 0.15) is 11.3 Å². The quantitative estimate of drug-likeness (QED) is 0.583. The molecular weight excluding hydrogens is 244 g/mol. The van der Waals surface area contributed by atoms with Crippen molar-refractivity contribution < 1.29 is 4.42 Å². The number of furan rings is 1. The first kappa shape index (κ1) is 11.3. The highest BCUT2D eigenvalue weighted by Gasteiger charge is 2.15. The second-order valence-corrected chi connectivity index (χ2v) is 4.98. The lowest BCUT2D eigenvalue weighted by Crippen LogP contribution is -1.81. The van der Waals surface area contributed by atoms with E-state index in [1.54, 1.807) is 0 Å². The van der Waals surface area contributed by atoms with Crippen molar-refractivity contribution >= 4 is 17.0 Å². The Balaban J connectivity index is 2.01. The van der Waals surface area contributed by atoms with Crippen molar-refractivity contribution in [1.82, 2.24) is 0 Å². The molecule has 0 atom stereocenters. The lowest BCUT2D eigenvalue weighted by Gasteiger charge is -2.02. The summed E-state index contributed by atoms with van der Waals surface area (Å²) in [5.41, 5.74) is 4.63. The van der Waals surface area contributed by atoms with Gasteiger partial charge in [0, 0.05) is 16.5 Å². The first-order valence-electron chi connectivity index (χ1n) is 6.86. The van der Waals surface area contributed by atoms with Crippen molar-refractivity contribution in [2.75, 3.05) is 0 Å². The molecule has 0 amide bonds. The number of para-hydroxylation sites is 1. The maximum Gasteiger partial charge on any atom is 0.142 e. The van der Waals surface area contributed by atoms with Gasteiger partial charge in [-0.25, -0.2) is 0 Å². The molecule has 1 heterocycles. The van der Waals surface area contributed by atoms with Crippen molar-refractivity contribution in [2.45, 2.75) is 6.42 Å². The van der Waals surface area contributed by atoms with Crippen LogP contribution in [0.15, 0.2) is 71.2 Å². The van der Waals surface area contributed by atoms with E-state index >= 15 is 0 Å². The highest BCUT2D eigenvalue weighted by atomic mass is 16.3. The molecule has 20 heavy (non-hydrogen) atoms. The maximum atomic E-state index is 6.13. The van der Waals surface area contributed by atoms with Crippen LogP contribution >= 0.6 is 0 Å². The number of hydrogen-bond acceptors (Lipinski definition) is 1. The van der Waals surface area contributed by atoms with E-state index in [9.17, 15) is 0 Å². The van der Waals surface area contributed by atoms with Gasteiger partial charge in [-0.2, -0.15) is 0 Å². The first-order chi connectivity index (χ1) is 9.93. The highest BCUT2D eigenvalue weighted by molar-refractivity contribution is 5.96. The van der Waals surface area contributed by atoms with Crippen LogP contribution in [0, 0.1) is 0 Å². The molecule has 0 N–H and O–H groups in total. The van der Waals surface area contributed by atoms with Crippen molar-refractivity contribution in [3.63, 3.8) is 0 Å². The molecular formula is C19H14O. The van der Waals surface area contributed by atoms with Gasteiger partial charge in [-0.15, -0.1) is 0 Å². The molecule has 0 radical (unpaired) electrons. The Morgan fingerprint density at radius 3 is 2.65 bits per heavy atom. The third-order valence-electron chi connectivity index (χ3n) is 3.75. The minimum Gasteiger partial charge on any atom is -0.456 e. The van der Waals surface area contributed by atoms with Crippen molar-refractivity contribution in [3.8, 4) is 11.1 Å². The largest absolute Gasteiger partial charge is 0.456 e. The molecule has 0 spiro atoms. The number of allylic oxidation sites excluding steroid dienone is 3. The molecule has 0 saturated heterocycles. The monoisotopic (exact) mass is 258 g/mol. The summed E-state index contributed by atoms with van der Waals surface area (Å²) in [6.45, 7) is 0. The summed E-state index contributed by atoms with van der Waals surface area (Å²) >= 11 is 0. The SMILES string of the molecule is C1=CCc2c(oc3c(-c4ccccc4)cccc23)C=C1. The average Bonchev–Trinajstić information content (AvgIpc) is 2.70. The van der Waals surface area contributed by atoms with E-state index < -0.39 is 0 Å². The van der Waals surface area contributed by atoms with E-state index in [1.165, 1.54) is 16.5 Å². The molecule has 1 aliphatic carbocycles. The Hall–Kier alpha value is -2.54. The van der Waals surface area contributed by atoms with Gasteiger partial charge in [-0.1, -0.05) is 66.8 Å². The van der Waals surface area contributed by atoms with E-state index in [1.807, 2.05) is 18.2 Å². The fraction of sp³-hybridized carbons (Fsp3) is 0.0526. The Kier molecular flexibility index (Phi) is 2.56. The third-order valence-corrected chi connectivity index (χ3v) is 3.75. The highest BCUT2D eigenvalue weighted by Crippen LogP contribution is 2.35. The summed E-state index contributed by atoms with van der Waals surface area (Å²) in [6.07, 6.45) is 9.26. The molecule has 1 aromatic heterocycles. The second kappa shape index (κ2) is 4.53. The van der Waals surface area contributed by atoms with Gasteiger partial charge < -0.3 is 4.42 Å². The van der Waals surface area contributed by atoms with Crippen LogP contribution < -0.4 is 0 Å². The Labute approximate surface area is 117 Å². The fourth-order valence-electron chi connectivity index (χ4n) is 2.79. The molecule has 1 aliphatic rings. The van der Waals surface area contributed by atoms with E-state index in [-0.39, 0.29) is 0 Å². The summed E-state index contributed by atoms with van der Waals surface area (Å²) in [5, 5.41) is 1.22. The molecule has 4 rings (SSSR count). The van der Waals surface area contributed by atoms with Crippen molar-refractivity contribution in [2.24, 2.45) is 0 Å². The van der Waals surface area contributed by atoms with Crippen LogP contribution in [0.4, 0.5) is 0 Å². The summed E-state index contributed by atoms with van der Waals surface area (Å²) in [5.74, 6) is 0.980. The van der Waals surface area contributed by atoms with Crippen LogP contribution in [0.3, 0.4) is 0 Å². The Bertz CT molecular complexity index is 820. The van der Waals surface area contributed by atoms with Crippen molar-refractivity contribution in [1.29, 1.82) is 0 Å². The van der Waals surface area contributed by atoms with E-state index in [2.05, 4.69) is 54.6 Å². The number of fused-ring (bicyclic) bond motifs is 3. The minimum absolute atomic E-state index is 0.924. The van der Waals surface area contributed by atoms with Gasteiger partial charge in [0.1, 0.15) is 11.3 Å². The lowest BCUT2D eigenvalue weighted by molar-refractivity contribution is 0.601. The second-order valence-electron chi connectivity index (χ2n) is 4.98. The number of rotatable bonds is 1. The Morgan fingerprint density at radius 1 is 0.850 bits per heavy atom. The molecule has 0 unspecified atom stereocenters. The number of hydrogen-bond donors (Lipinski definition) is 0. The smallest absolute Gasteiger partial charge is 0.142 e. The van der Waals surface area contributed by atoms with Crippen LogP contribution in [-0.4, -0.2) is 0 Å². The minimum atomic E-state index is 0.924. The predicted octanol–water partition coefficient (Wildman–Crippen LogP) is 5.23. The molecule has 3 aromatic rings. The summed E-state index contributed by atoms with van der Waals surface area (Å²) in [4.78, 5) is 0. The molecule has 0 saturated carbocycles. The van der Waals surface area contributed by atoms with Crippen LogP contribution in [0.5, 0.6) is 0 Å². The molecule has 0 aliphatic heterocycles. The van der Waals surface area contributed by atoms with Gasteiger partial charge in [0.05, 0.1) is 0 Å². The van der Waals surface area contributed by atoms with Crippen LogP contribution in [0.2, 0.25) is 0 Å². The molecule has 96 valence electrons. The van der Waals surface area contributed by atoms with Gasteiger partial charge in [-0.05, 0) is 18.1 Å². The topological polar surface area (TPSA) is 13.1 Å². The zero-order valence-corrected chi connectivity index (χ0v) is 11.0. The van der Waals surface area contributed by atoms with Gasteiger partial charge in [-0.3, -0.25) is 0 Å². The molecule has 2 aromatic carbocycles. The molecule has 0 bridgehead atoms. The van der Waals surface area contributed by atoms with Gasteiger partial charge in [0.2, 0.25) is 0 Å². The van der Waals surface area contributed by atoms with Crippen molar-refractivity contribution in [3.05, 3.63) is 78.1 Å². The van der Waals surface area contributed by atoms with E-state index in [4.69, 9.17) is 4.42 Å². The maximum absolute atomic E-state index is 6.13. The van der Waals surface area contributed by atoms with Crippen LogP contribution in [-0.2, 0) is 6.42 Å². The Morgan fingerprint density at radius 2 is 1.75 bits per heavy atom. The summed E-state index contributed by atoms with van der Waals surface area (Å²) in [6, 6.07) is 16.8. The standard InChI is InChI=1S/C19H14O/c1-3-8-14(9-4-1)15-11-7-12-17-16-10-5-2-6-13-18(16)20-19(15)17/h1-9,11-13H,10H2. The van der Waals surface area contributed by atoms with Crippen LogP contribution in [0.25, 0.3) is 28.2 Å². The third kappa shape index (κ3) is 1.71. The van der Waals surface area contributed by atoms with Gasteiger partial charge in [0.25, 0.3) is 0 Å². The summed E-state index contributed by atoms with van der Waals surface area (Å²) < 4.78 is 6.13.